The Morgan fingerprint density at radius 3 is 2.36 bits per heavy atom. The smallest absolute Gasteiger partial charge is 0.136 e. The van der Waals surface area contributed by atoms with Crippen molar-refractivity contribution in [2.24, 2.45) is 5.92 Å². The van der Waals surface area contributed by atoms with Gasteiger partial charge in [-0.3, -0.25) is 4.79 Å². The average molecular weight is 157 g/mol. The van der Waals surface area contributed by atoms with Crippen molar-refractivity contribution in [3.8, 4) is 0 Å². The number of hydrogen-bond donors (Lipinski definition) is 0. The normalized spacial score (nSPS) is 13.0. The summed E-state index contributed by atoms with van der Waals surface area (Å²) in [5.41, 5.74) is 0. The first-order valence-corrected chi connectivity index (χ1v) is 4.37. The standard InChI is InChI=1S/C9H17O2/c1-3-5-9(11)8(4-2)6-7-10/h8H,3-7H2,1-2H3. The summed E-state index contributed by atoms with van der Waals surface area (Å²) in [4.78, 5) is 11.2. The molecule has 0 heterocycles. The molecule has 0 aromatic heterocycles. The molecule has 2 nitrogen and oxygen atoms in total. The largest absolute Gasteiger partial charge is 0.299 e. The van der Waals surface area contributed by atoms with Crippen molar-refractivity contribution in [1.82, 2.24) is 0 Å². The Morgan fingerprint density at radius 1 is 1.36 bits per heavy atom. The minimum absolute atomic E-state index is 0.0347. The maximum Gasteiger partial charge on any atom is 0.136 e. The molecular weight excluding hydrogens is 140 g/mol. The van der Waals surface area contributed by atoms with Crippen LogP contribution in [0.2, 0.25) is 0 Å². The highest BCUT2D eigenvalue weighted by Crippen LogP contribution is 2.11. The molecule has 0 saturated carbocycles. The molecule has 2 heteroatoms. The van der Waals surface area contributed by atoms with E-state index in [1.165, 1.54) is 0 Å². The van der Waals surface area contributed by atoms with Crippen LogP contribution in [0.3, 0.4) is 0 Å². The lowest BCUT2D eigenvalue weighted by Gasteiger charge is -2.09. The van der Waals surface area contributed by atoms with E-state index in [-0.39, 0.29) is 18.3 Å². The van der Waals surface area contributed by atoms with Gasteiger partial charge in [-0.05, 0) is 19.3 Å². The first kappa shape index (κ1) is 10.6. The fraction of sp³-hybridized carbons (Fsp3) is 0.889. The Balaban J connectivity index is 3.71. The van der Waals surface area contributed by atoms with E-state index in [2.05, 4.69) is 0 Å². The number of Topliss-reactive ketones (excluding diaryl/α,β-unsaturated/α-hetero) is 1. The van der Waals surface area contributed by atoms with E-state index in [0.29, 0.717) is 12.8 Å². The predicted molar refractivity (Wildman–Crippen MR) is 43.9 cm³/mol. The summed E-state index contributed by atoms with van der Waals surface area (Å²) >= 11 is 0. The fourth-order valence-electron chi connectivity index (χ4n) is 1.19. The van der Waals surface area contributed by atoms with Gasteiger partial charge in [-0.1, -0.05) is 13.8 Å². The van der Waals surface area contributed by atoms with E-state index >= 15 is 0 Å². The summed E-state index contributed by atoms with van der Waals surface area (Å²) in [6, 6.07) is 0. The molecule has 0 bridgehead atoms. The van der Waals surface area contributed by atoms with Crippen molar-refractivity contribution in [3.63, 3.8) is 0 Å². The topological polar surface area (TPSA) is 37.0 Å². The molecule has 65 valence electrons. The molecule has 0 saturated heterocycles. The lowest BCUT2D eigenvalue weighted by atomic mass is 9.95. The molecule has 0 aliphatic heterocycles. The molecule has 0 N–H and O–H groups in total. The molecule has 0 aliphatic carbocycles. The van der Waals surface area contributed by atoms with Crippen LogP contribution in [0.4, 0.5) is 0 Å². The van der Waals surface area contributed by atoms with Crippen molar-refractivity contribution in [2.45, 2.75) is 39.5 Å². The van der Waals surface area contributed by atoms with E-state index in [4.69, 9.17) is 0 Å². The molecule has 0 aromatic rings. The molecule has 1 radical (unpaired) electrons. The SMILES string of the molecule is CCCC(=O)C(CC)CC[O]. The van der Waals surface area contributed by atoms with Crippen molar-refractivity contribution >= 4 is 5.78 Å². The van der Waals surface area contributed by atoms with Gasteiger partial charge in [0.05, 0.1) is 6.61 Å². The Morgan fingerprint density at radius 2 is 2.00 bits per heavy atom. The van der Waals surface area contributed by atoms with E-state index in [9.17, 15) is 9.90 Å². The van der Waals surface area contributed by atoms with E-state index < -0.39 is 0 Å². The summed E-state index contributed by atoms with van der Waals surface area (Å²) in [6.45, 7) is 3.84. The maximum absolute atomic E-state index is 11.2. The summed E-state index contributed by atoms with van der Waals surface area (Å²) in [5.74, 6) is 0.304. The van der Waals surface area contributed by atoms with Crippen molar-refractivity contribution < 1.29 is 9.90 Å². The van der Waals surface area contributed by atoms with E-state index in [1.54, 1.807) is 0 Å². The quantitative estimate of drug-likeness (QED) is 0.582. The lowest BCUT2D eigenvalue weighted by molar-refractivity contribution is -0.123. The first-order chi connectivity index (χ1) is 5.26. The Hall–Kier alpha value is -0.370. The van der Waals surface area contributed by atoms with Crippen molar-refractivity contribution in [1.29, 1.82) is 0 Å². The molecule has 0 rings (SSSR count). The van der Waals surface area contributed by atoms with Gasteiger partial charge in [0.15, 0.2) is 0 Å². The lowest BCUT2D eigenvalue weighted by Crippen LogP contribution is -2.14. The highest BCUT2D eigenvalue weighted by molar-refractivity contribution is 5.80. The van der Waals surface area contributed by atoms with Crippen LogP contribution in [0.25, 0.3) is 0 Å². The zero-order chi connectivity index (χ0) is 8.69. The van der Waals surface area contributed by atoms with Crippen molar-refractivity contribution in [3.05, 3.63) is 0 Å². The third-order valence-electron chi connectivity index (χ3n) is 1.91. The predicted octanol–water partition coefficient (Wildman–Crippen LogP) is 2.20. The van der Waals surface area contributed by atoms with Gasteiger partial charge < -0.3 is 0 Å². The van der Waals surface area contributed by atoms with Gasteiger partial charge in [-0.2, -0.15) is 0 Å². The summed E-state index contributed by atoms with van der Waals surface area (Å²) < 4.78 is 0. The Bertz CT molecular complexity index is 110. The van der Waals surface area contributed by atoms with Gasteiger partial charge in [-0.25, -0.2) is 5.11 Å². The second-order valence-electron chi connectivity index (χ2n) is 2.81. The van der Waals surface area contributed by atoms with Crippen LogP contribution < -0.4 is 0 Å². The Kier molecular flexibility index (Phi) is 6.13. The van der Waals surface area contributed by atoms with Crippen LogP contribution >= 0.6 is 0 Å². The molecule has 0 fully saturated rings. The molecule has 0 aromatic carbocycles. The third-order valence-corrected chi connectivity index (χ3v) is 1.91. The van der Waals surface area contributed by atoms with Gasteiger partial charge >= 0.3 is 0 Å². The van der Waals surface area contributed by atoms with Gasteiger partial charge in [0.2, 0.25) is 0 Å². The third kappa shape index (κ3) is 4.14. The fourth-order valence-corrected chi connectivity index (χ4v) is 1.19. The van der Waals surface area contributed by atoms with Crippen molar-refractivity contribution in [2.75, 3.05) is 6.61 Å². The molecule has 0 spiro atoms. The minimum atomic E-state index is -0.117. The minimum Gasteiger partial charge on any atom is -0.299 e. The number of carbonyl (C=O) groups is 1. The van der Waals surface area contributed by atoms with Crippen LogP contribution in [0.1, 0.15) is 39.5 Å². The first-order valence-electron chi connectivity index (χ1n) is 4.37. The average Bonchev–Trinajstić information content (AvgIpc) is 2.00. The van der Waals surface area contributed by atoms with Crippen LogP contribution in [0.15, 0.2) is 0 Å². The summed E-state index contributed by atoms with van der Waals surface area (Å²) in [7, 11) is 0. The number of carbonyl (C=O) groups excluding carboxylic acids is 1. The summed E-state index contributed by atoms with van der Waals surface area (Å²) in [5, 5.41) is 10.3. The molecule has 1 atom stereocenters. The zero-order valence-electron chi connectivity index (χ0n) is 7.43. The van der Waals surface area contributed by atoms with E-state index in [0.717, 1.165) is 12.8 Å². The van der Waals surface area contributed by atoms with E-state index in [1.807, 2.05) is 13.8 Å². The second-order valence-corrected chi connectivity index (χ2v) is 2.81. The Labute approximate surface area is 68.6 Å². The maximum atomic E-state index is 11.2. The number of ketones is 1. The van der Waals surface area contributed by atoms with Crippen LogP contribution in [-0.4, -0.2) is 12.4 Å². The van der Waals surface area contributed by atoms with Gasteiger partial charge in [0.25, 0.3) is 0 Å². The van der Waals surface area contributed by atoms with Crippen LogP contribution in [-0.2, 0) is 9.90 Å². The molecule has 1 unspecified atom stereocenters. The molecule has 11 heavy (non-hydrogen) atoms. The van der Waals surface area contributed by atoms with Gasteiger partial charge in [0.1, 0.15) is 5.78 Å². The van der Waals surface area contributed by atoms with Gasteiger partial charge in [-0.15, -0.1) is 0 Å². The van der Waals surface area contributed by atoms with Gasteiger partial charge in [0, 0.05) is 12.3 Å². The highest BCUT2D eigenvalue weighted by atomic mass is 16.3. The molecule has 0 amide bonds. The number of hydrogen-bond acceptors (Lipinski definition) is 1. The molecular formula is C9H17O2. The molecule has 0 aliphatic rings. The second kappa shape index (κ2) is 6.35. The number of rotatable bonds is 6. The van der Waals surface area contributed by atoms with Crippen LogP contribution in [0, 0.1) is 5.92 Å². The highest BCUT2D eigenvalue weighted by Gasteiger charge is 2.14. The summed E-state index contributed by atoms with van der Waals surface area (Å²) in [6.07, 6.45) is 2.88. The zero-order valence-corrected chi connectivity index (χ0v) is 7.43. The monoisotopic (exact) mass is 157 g/mol. The van der Waals surface area contributed by atoms with Crippen LogP contribution in [0.5, 0.6) is 0 Å².